The first-order valence-electron chi connectivity index (χ1n) is 3.69. The fourth-order valence-electron chi connectivity index (χ4n) is 0.800. The average molecular weight is 196 g/mol. The molecule has 4 nitrogen and oxygen atoms in total. The van der Waals surface area contributed by atoms with Gasteiger partial charge >= 0.3 is 0 Å². The van der Waals surface area contributed by atoms with Gasteiger partial charge in [0.25, 0.3) is 0 Å². The summed E-state index contributed by atoms with van der Waals surface area (Å²) in [6.07, 6.45) is 1.47. The fraction of sp³-hybridized carbons (Fsp3) is 1.00. The van der Waals surface area contributed by atoms with Gasteiger partial charge in [-0.15, -0.1) is 0 Å². The van der Waals surface area contributed by atoms with Crippen LogP contribution in [0, 0.1) is 0 Å². The second-order valence-electron chi connectivity index (χ2n) is 2.11. The summed E-state index contributed by atoms with van der Waals surface area (Å²) in [6, 6.07) is 0. The zero-order valence-corrected chi connectivity index (χ0v) is 8.97. The van der Waals surface area contributed by atoms with Gasteiger partial charge in [-0.25, -0.2) is 0 Å². The van der Waals surface area contributed by atoms with Crippen molar-refractivity contribution in [1.82, 2.24) is 0 Å². The van der Waals surface area contributed by atoms with E-state index in [-0.39, 0.29) is 6.29 Å². The van der Waals surface area contributed by atoms with Crippen molar-refractivity contribution >= 4 is 8.38 Å². The predicted octanol–water partition coefficient (Wildman–Crippen LogP) is 1.60. The van der Waals surface area contributed by atoms with Crippen LogP contribution < -0.4 is 0 Å². The second-order valence-corrected chi connectivity index (χ2v) is 3.95. The molecule has 0 saturated heterocycles. The summed E-state index contributed by atoms with van der Waals surface area (Å²) >= 11 is 0. The molecule has 12 heavy (non-hydrogen) atoms. The highest BCUT2D eigenvalue weighted by atomic mass is 31.2. The Hall–Kier alpha value is 0.270. The smallest absolute Gasteiger partial charge is 0.170 e. The van der Waals surface area contributed by atoms with Crippen LogP contribution in [0.2, 0.25) is 0 Å². The largest absolute Gasteiger partial charge is 0.356 e. The second kappa shape index (κ2) is 7.90. The molecule has 0 heterocycles. The Morgan fingerprint density at radius 1 is 1.00 bits per heavy atom. The highest BCUT2D eigenvalue weighted by molar-refractivity contribution is 7.47. The van der Waals surface area contributed by atoms with Gasteiger partial charge in [0.05, 0.1) is 0 Å². The molecule has 0 bridgehead atoms. The van der Waals surface area contributed by atoms with Crippen LogP contribution in [0.1, 0.15) is 6.42 Å². The van der Waals surface area contributed by atoms with Gasteiger partial charge in [0.15, 0.2) is 14.7 Å². The Morgan fingerprint density at radius 3 is 1.83 bits per heavy atom. The summed E-state index contributed by atoms with van der Waals surface area (Å²) in [5.41, 5.74) is 0. The molecule has 0 fully saturated rings. The van der Waals surface area contributed by atoms with Crippen LogP contribution in [-0.2, 0) is 18.5 Å². The number of methoxy groups -OCH3 is 2. The van der Waals surface area contributed by atoms with E-state index < -0.39 is 8.38 Å². The van der Waals surface area contributed by atoms with Crippen molar-refractivity contribution in [3.8, 4) is 0 Å². The molecule has 5 heteroatoms. The maximum absolute atomic E-state index is 5.07. The minimum Gasteiger partial charge on any atom is -0.356 e. The van der Waals surface area contributed by atoms with Crippen molar-refractivity contribution in [2.24, 2.45) is 0 Å². The van der Waals surface area contributed by atoms with Gasteiger partial charge in [0, 0.05) is 41.0 Å². The van der Waals surface area contributed by atoms with Crippen LogP contribution >= 0.6 is 8.38 Å². The molecule has 0 aromatic heterocycles. The van der Waals surface area contributed by atoms with Gasteiger partial charge < -0.3 is 18.5 Å². The molecule has 0 spiro atoms. The van der Waals surface area contributed by atoms with Crippen molar-refractivity contribution in [1.29, 1.82) is 0 Å². The third-order valence-corrected chi connectivity index (χ3v) is 2.92. The zero-order valence-electron chi connectivity index (χ0n) is 8.07. The molecule has 0 aliphatic carbocycles. The highest BCUT2D eigenvalue weighted by Crippen LogP contribution is 2.36. The van der Waals surface area contributed by atoms with Crippen LogP contribution in [0.5, 0.6) is 0 Å². The first-order chi connectivity index (χ1) is 5.78. The van der Waals surface area contributed by atoms with Crippen molar-refractivity contribution in [2.75, 3.05) is 34.6 Å². The number of hydrogen-bond donors (Lipinski definition) is 0. The van der Waals surface area contributed by atoms with Gasteiger partial charge in [-0.3, -0.25) is 0 Å². The zero-order chi connectivity index (χ0) is 9.40. The summed E-state index contributed by atoms with van der Waals surface area (Å²) in [6.45, 7) is 0. The summed E-state index contributed by atoms with van der Waals surface area (Å²) in [7, 11) is 5.77. The standard InChI is InChI=1S/C7H17O4P/c1-8-7(9-2)5-6-12(10-3)11-4/h7H,5-6H2,1-4H3. The molecule has 0 aromatic rings. The lowest BCUT2D eigenvalue weighted by molar-refractivity contribution is -0.103. The van der Waals surface area contributed by atoms with Crippen molar-refractivity contribution < 1.29 is 18.5 Å². The van der Waals surface area contributed by atoms with Crippen molar-refractivity contribution in [3.05, 3.63) is 0 Å². The van der Waals surface area contributed by atoms with Crippen molar-refractivity contribution in [2.45, 2.75) is 12.7 Å². The summed E-state index contributed by atoms with van der Waals surface area (Å²) < 4.78 is 20.2. The molecule has 0 radical (unpaired) electrons. The van der Waals surface area contributed by atoms with Crippen LogP contribution in [0.3, 0.4) is 0 Å². The van der Waals surface area contributed by atoms with E-state index in [0.717, 1.165) is 12.6 Å². The Bertz CT molecular complexity index is 81.4. The molecule has 0 saturated carbocycles. The van der Waals surface area contributed by atoms with Gasteiger partial charge in [0.1, 0.15) is 0 Å². The molecule has 0 amide bonds. The molecule has 0 aliphatic rings. The van der Waals surface area contributed by atoms with Crippen LogP contribution in [0.15, 0.2) is 0 Å². The SMILES string of the molecule is COC(CCP(OC)OC)OC. The molecular weight excluding hydrogens is 179 g/mol. The molecule has 0 rings (SSSR count). The lowest BCUT2D eigenvalue weighted by atomic mass is 10.5. The van der Waals surface area contributed by atoms with E-state index in [0.29, 0.717) is 0 Å². The normalized spacial score (nSPS) is 11.5. The lowest BCUT2D eigenvalue weighted by Gasteiger charge is -2.16. The van der Waals surface area contributed by atoms with Crippen molar-refractivity contribution in [3.63, 3.8) is 0 Å². The van der Waals surface area contributed by atoms with E-state index in [9.17, 15) is 0 Å². The van der Waals surface area contributed by atoms with Crippen LogP contribution in [-0.4, -0.2) is 40.9 Å². The highest BCUT2D eigenvalue weighted by Gasteiger charge is 2.11. The maximum atomic E-state index is 5.07. The van der Waals surface area contributed by atoms with Gasteiger partial charge in [-0.2, -0.15) is 0 Å². The Balaban J connectivity index is 3.49. The third kappa shape index (κ3) is 5.01. The topological polar surface area (TPSA) is 36.9 Å². The summed E-state index contributed by atoms with van der Waals surface area (Å²) in [4.78, 5) is 0. The summed E-state index contributed by atoms with van der Waals surface area (Å²) in [5.74, 6) is 0. The fourth-order valence-corrected chi connectivity index (χ4v) is 1.74. The molecule has 0 aliphatic heterocycles. The molecule has 0 aromatic carbocycles. The van der Waals surface area contributed by atoms with Gasteiger partial charge in [-0.05, 0) is 0 Å². The first-order valence-corrected chi connectivity index (χ1v) is 5.06. The van der Waals surface area contributed by atoms with Gasteiger partial charge in [0.2, 0.25) is 0 Å². The van der Waals surface area contributed by atoms with E-state index in [4.69, 9.17) is 18.5 Å². The number of rotatable bonds is 7. The quantitative estimate of drug-likeness (QED) is 0.457. The lowest BCUT2D eigenvalue weighted by Crippen LogP contribution is -2.14. The Morgan fingerprint density at radius 2 is 1.50 bits per heavy atom. The van der Waals surface area contributed by atoms with E-state index in [1.54, 1.807) is 28.4 Å². The summed E-state index contributed by atoms with van der Waals surface area (Å²) in [5, 5.41) is 0. The molecular formula is C7H17O4P. The molecule has 0 N–H and O–H groups in total. The molecule has 74 valence electrons. The van der Waals surface area contributed by atoms with E-state index in [1.807, 2.05) is 0 Å². The van der Waals surface area contributed by atoms with E-state index in [1.165, 1.54) is 0 Å². The molecule has 0 atom stereocenters. The monoisotopic (exact) mass is 196 g/mol. The third-order valence-electron chi connectivity index (χ3n) is 1.48. The number of ether oxygens (including phenoxy) is 2. The maximum Gasteiger partial charge on any atom is 0.170 e. The van der Waals surface area contributed by atoms with Gasteiger partial charge in [-0.1, -0.05) is 0 Å². The van der Waals surface area contributed by atoms with E-state index >= 15 is 0 Å². The number of hydrogen-bond acceptors (Lipinski definition) is 4. The Labute approximate surface area is 75.1 Å². The van der Waals surface area contributed by atoms with Crippen LogP contribution in [0.4, 0.5) is 0 Å². The minimum atomic E-state index is -0.760. The van der Waals surface area contributed by atoms with Crippen LogP contribution in [0.25, 0.3) is 0 Å². The minimum absolute atomic E-state index is 0.153. The van der Waals surface area contributed by atoms with E-state index in [2.05, 4.69) is 0 Å². The Kier molecular flexibility index (Phi) is 8.07. The first kappa shape index (κ1) is 12.3. The molecule has 0 unspecified atom stereocenters. The average Bonchev–Trinajstić information content (AvgIpc) is 2.13. The predicted molar refractivity (Wildman–Crippen MR) is 48.2 cm³/mol.